The molecule has 2 saturated heterocycles. The molecule has 3 rings (SSSR count). The van der Waals surface area contributed by atoms with Crippen LogP contribution in [-0.4, -0.2) is 101 Å². The Hall–Kier alpha value is -1.17. The Balaban J connectivity index is 0.00000341. The number of methoxy groups -OCH3 is 1. The average Bonchev–Trinajstić information content (AvgIpc) is 2.79. The van der Waals surface area contributed by atoms with Gasteiger partial charge in [0.2, 0.25) is 0 Å². The number of ether oxygens (including phenoxy) is 2. The van der Waals surface area contributed by atoms with Crippen LogP contribution in [0.5, 0.6) is 0 Å². The van der Waals surface area contributed by atoms with Crippen molar-refractivity contribution in [3.63, 3.8) is 0 Å². The normalized spacial score (nSPS) is 18.7. The zero-order chi connectivity index (χ0) is 21.2. The van der Waals surface area contributed by atoms with Gasteiger partial charge in [0.1, 0.15) is 5.82 Å². The van der Waals surface area contributed by atoms with E-state index in [-0.39, 0.29) is 24.0 Å². The number of hydrogen-bond acceptors (Lipinski definition) is 6. The highest BCUT2D eigenvalue weighted by molar-refractivity contribution is 14.0. The molecule has 8 nitrogen and oxygen atoms in total. The Morgan fingerprint density at radius 2 is 1.87 bits per heavy atom. The van der Waals surface area contributed by atoms with Gasteiger partial charge in [0.15, 0.2) is 5.96 Å². The van der Waals surface area contributed by atoms with Gasteiger partial charge < -0.3 is 29.5 Å². The van der Waals surface area contributed by atoms with Gasteiger partial charge in [-0.2, -0.15) is 0 Å². The number of rotatable bonds is 8. The van der Waals surface area contributed by atoms with Crippen LogP contribution >= 0.6 is 24.0 Å². The maximum atomic E-state index is 5.96. The lowest BCUT2D eigenvalue weighted by atomic mass is 10.1. The second-order valence-corrected chi connectivity index (χ2v) is 8.12. The first kappa shape index (κ1) is 26.1. The molecule has 2 aliphatic heterocycles. The van der Waals surface area contributed by atoms with E-state index in [0.717, 1.165) is 90.1 Å². The molecule has 3 heterocycles. The predicted molar refractivity (Wildman–Crippen MR) is 137 cm³/mol. The van der Waals surface area contributed by atoms with Crippen molar-refractivity contribution in [1.82, 2.24) is 20.1 Å². The molecule has 2 fully saturated rings. The highest BCUT2D eigenvalue weighted by Gasteiger charge is 2.22. The molecule has 0 atom stereocenters. The number of pyridine rings is 1. The molecule has 0 saturated carbocycles. The summed E-state index contributed by atoms with van der Waals surface area (Å²) in [7, 11) is 5.75. The number of likely N-dealkylation sites (tertiary alicyclic amines) is 1. The van der Waals surface area contributed by atoms with Crippen molar-refractivity contribution in [3.05, 3.63) is 23.9 Å². The number of aliphatic imine (C=N–C) groups is 1. The zero-order valence-corrected chi connectivity index (χ0v) is 21.6. The molecule has 0 bridgehead atoms. The van der Waals surface area contributed by atoms with E-state index in [0.29, 0.717) is 6.10 Å². The van der Waals surface area contributed by atoms with E-state index in [9.17, 15) is 0 Å². The monoisotopic (exact) mass is 546 g/mol. The molecule has 31 heavy (non-hydrogen) atoms. The largest absolute Gasteiger partial charge is 0.385 e. The van der Waals surface area contributed by atoms with Crippen LogP contribution in [0.2, 0.25) is 0 Å². The van der Waals surface area contributed by atoms with E-state index in [1.807, 2.05) is 13.2 Å². The minimum Gasteiger partial charge on any atom is -0.385 e. The van der Waals surface area contributed by atoms with Crippen LogP contribution in [0.4, 0.5) is 5.82 Å². The van der Waals surface area contributed by atoms with E-state index in [1.54, 1.807) is 7.11 Å². The fraction of sp³-hybridized carbons (Fsp3) is 0.727. The fourth-order valence-electron chi connectivity index (χ4n) is 3.94. The summed E-state index contributed by atoms with van der Waals surface area (Å²) in [5.74, 6) is 2.03. The predicted octanol–water partition coefficient (Wildman–Crippen LogP) is 2.04. The number of nitrogens with zero attached hydrogens (tertiary/aromatic N) is 5. The molecule has 9 heteroatoms. The number of piperazine rings is 1. The highest BCUT2D eigenvalue weighted by Crippen LogP contribution is 2.15. The summed E-state index contributed by atoms with van der Waals surface area (Å²) in [6, 6.07) is 4.30. The third kappa shape index (κ3) is 8.36. The van der Waals surface area contributed by atoms with Gasteiger partial charge in [0, 0.05) is 79.4 Å². The van der Waals surface area contributed by atoms with Crippen LogP contribution < -0.4 is 10.2 Å². The number of aromatic nitrogens is 1. The number of nitrogens with one attached hydrogen (secondary N) is 1. The summed E-state index contributed by atoms with van der Waals surface area (Å²) in [6.45, 7) is 8.48. The molecule has 1 N–H and O–H groups in total. The summed E-state index contributed by atoms with van der Waals surface area (Å²) >= 11 is 0. The van der Waals surface area contributed by atoms with Gasteiger partial charge in [-0.25, -0.2) is 4.98 Å². The molecule has 0 unspecified atom stereocenters. The van der Waals surface area contributed by atoms with Gasteiger partial charge in [0.25, 0.3) is 0 Å². The van der Waals surface area contributed by atoms with Crippen molar-refractivity contribution < 1.29 is 9.47 Å². The maximum absolute atomic E-state index is 5.96. The number of guanidine groups is 1. The number of anilines is 1. The van der Waals surface area contributed by atoms with Gasteiger partial charge in [-0.3, -0.25) is 4.99 Å². The van der Waals surface area contributed by atoms with Crippen molar-refractivity contribution in [3.8, 4) is 0 Å². The Bertz CT molecular complexity index is 644. The minimum atomic E-state index is 0. The molecule has 0 radical (unpaired) electrons. The molecule has 0 amide bonds. The summed E-state index contributed by atoms with van der Waals surface area (Å²) in [6.07, 6.45) is 5.36. The van der Waals surface area contributed by atoms with Crippen LogP contribution in [0.3, 0.4) is 0 Å². The Morgan fingerprint density at radius 1 is 1.13 bits per heavy atom. The van der Waals surface area contributed by atoms with Crippen molar-refractivity contribution in [1.29, 1.82) is 0 Å². The zero-order valence-electron chi connectivity index (χ0n) is 19.3. The molecule has 0 spiro atoms. The van der Waals surface area contributed by atoms with E-state index in [2.05, 4.69) is 49.2 Å². The molecule has 1 aromatic heterocycles. The highest BCUT2D eigenvalue weighted by atomic mass is 127. The van der Waals surface area contributed by atoms with Gasteiger partial charge in [0.05, 0.1) is 6.10 Å². The maximum Gasteiger partial charge on any atom is 0.193 e. The van der Waals surface area contributed by atoms with E-state index < -0.39 is 0 Å². The Morgan fingerprint density at radius 3 is 2.48 bits per heavy atom. The van der Waals surface area contributed by atoms with Crippen molar-refractivity contribution >= 4 is 35.8 Å². The standard InChI is InChI=1S/C22H38N6O2.HI/c1-23-22(28-9-7-20(8-10-28)30-16-4-15-29-3)25-18-19-5-6-21(24-17-19)27-13-11-26(2)12-14-27;/h5-6,17,20H,4,7-16,18H2,1-3H3,(H,23,25);1H. The third-order valence-corrected chi connectivity index (χ3v) is 5.89. The quantitative estimate of drug-likeness (QED) is 0.232. The smallest absolute Gasteiger partial charge is 0.193 e. The van der Waals surface area contributed by atoms with E-state index in [1.165, 1.54) is 5.56 Å². The molecular formula is C22H39IN6O2. The third-order valence-electron chi connectivity index (χ3n) is 5.89. The topological polar surface area (TPSA) is 65.5 Å². The van der Waals surface area contributed by atoms with Crippen molar-refractivity contribution in [2.75, 3.05) is 78.6 Å². The van der Waals surface area contributed by atoms with Gasteiger partial charge in [-0.05, 0) is 37.9 Å². The van der Waals surface area contributed by atoms with Crippen LogP contribution in [0.25, 0.3) is 0 Å². The van der Waals surface area contributed by atoms with Gasteiger partial charge in [-0.15, -0.1) is 24.0 Å². The fourth-order valence-corrected chi connectivity index (χ4v) is 3.94. The van der Waals surface area contributed by atoms with Gasteiger partial charge in [-0.1, -0.05) is 6.07 Å². The SMILES string of the molecule is CN=C(NCc1ccc(N2CCN(C)CC2)nc1)N1CCC(OCCCOC)CC1.I. The lowest BCUT2D eigenvalue weighted by molar-refractivity contribution is 0.00989. The number of hydrogen-bond donors (Lipinski definition) is 1. The summed E-state index contributed by atoms with van der Waals surface area (Å²) in [5, 5.41) is 3.49. The Labute approximate surface area is 204 Å². The second-order valence-electron chi connectivity index (χ2n) is 8.12. The summed E-state index contributed by atoms with van der Waals surface area (Å²) in [5.41, 5.74) is 1.17. The van der Waals surface area contributed by atoms with Crippen molar-refractivity contribution in [2.45, 2.75) is 31.9 Å². The van der Waals surface area contributed by atoms with E-state index in [4.69, 9.17) is 9.47 Å². The van der Waals surface area contributed by atoms with Crippen LogP contribution in [-0.2, 0) is 16.0 Å². The van der Waals surface area contributed by atoms with E-state index >= 15 is 0 Å². The summed E-state index contributed by atoms with van der Waals surface area (Å²) < 4.78 is 11.0. The van der Waals surface area contributed by atoms with Crippen molar-refractivity contribution in [2.24, 2.45) is 4.99 Å². The van der Waals surface area contributed by atoms with Gasteiger partial charge >= 0.3 is 0 Å². The van der Waals surface area contributed by atoms with Crippen LogP contribution in [0, 0.1) is 0 Å². The van der Waals surface area contributed by atoms with Crippen LogP contribution in [0.1, 0.15) is 24.8 Å². The Kier molecular flexibility index (Phi) is 11.8. The number of piperidine rings is 1. The first-order valence-electron chi connectivity index (χ1n) is 11.1. The molecule has 0 aliphatic carbocycles. The number of likely N-dealkylation sites (N-methyl/N-ethyl adjacent to an activating group) is 1. The molecule has 176 valence electrons. The molecular weight excluding hydrogens is 507 g/mol. The van der Waals surface area contributed by atoms with Crippen LogP contribution in [0.15, 0.2) is 23.3 Å². The molecule has 2 aliphatic rings. The summed E-state index contributed by atoms with van der Waals surface area (Å²) in [4.78, 5) is 16.2. The lowest BCUT2D eigenvalue weighted by Crippen LogP contribution is -2.46. The second kappa shape index (κ2) is 14.1. The first-order valence-corrected chi connectivity index (χ1v) is 11.1. The average molecular weight is 546 g/mol. The minimum absolute atomic E-state index is 0. The molecule has 1 aromatic rings. The first-order chi connectivity index (χ1) is 14.7. The lowest BCUT2D eigenvalue weighted by Gasteiger charge is -2.34. The molecule has 0 aromatic carbocycles. The number of halogens is 1.